The van der Waals surface area contributed by atoms with Gasteiger partial charge in [-0.2, -0.15) is 0 Å². The van der Waals surface area contributed by atoms with E-state index in [0.29, 0.717) is 0 Å². The van der Waals surface area contributed by atoms with Crippen LogP contribution in [0.2, 0.25) is 0 Å². The number of carbonyl (C=O) groups excluding carboxylic acids is 1. The Kier molecular flexibility index (Phi) is 4.81. The van der Waals surface area contributed by atoms with Crippen molar-refractivity contribution < 1.29 is 23.5 Å². The summed E-state index contributed by atoms with van der Waals surface area (Å²) in [7, 11) is 0. The van der Waals surface area contributed by atoms with Crippen LogP contribution in [0.15, 0.2) is 18.2 Å². The molecule has 0 bridgehead atoms. The Labute approximate surface area is 115 Å². The minimum Gasteiger partial charge on any atom is -0.481 e. The summed E-state index contributed by atoms with van der Waals surface area (Å²) in [6, 6.07) is 2.22. The molecule has 1 unspecified atom stereocenters. The Balaban J connectivity index is 2.76. The lowest BCUT2D eigenvalue weighted by Gasteiger charge is -2.21. The first-order valence-electron chi connectivity index (χ1n) is 6.11. The summed E-state index contributed by atoms with van der Waals surface area (Å²) >= 11 is 0. The zero-order chi connectivity index (χ0) is 15.5. The lowest BCUT2D eigenvalue weighted by Crippen LogP contribution is -2.34. The smallest absolute Gasteiger partial charge is 0.309 e. The highest BCUT2D eigenvalue weighted by molar-refractivity contribution is 5.84. The average Bonchev–Trinajstić information content (AvgIpc) is 2.31. The highest BCUT2D eigenvalue weighted by Gasteiger charge is 2.30. The van der Waals surface area contributed by atoms with Crippen LogP contribution in [0, 0.1) is 17.0 Å². The van der Waals surface area contributed by atoms with Crippen LogP contribution in [0.1, 0.15) is 38.8 Å². The molecule has 0 saturated carbocycles. The fourth-order valence-electron chi connectivity index (χ4n) is 1.69. The van der Waals surface area contributed by atoms with Crippen LogP contribution in [0.5, 0.6) is 0 Å². The second kappa shape index (κ2) is 5.98. The summed E-state index contributed by atoms with van der Waals surface area (Å²) in [5, 5.41) is 11.4. The topological polar surface area (TPSA) is 66.4 Å². The summed E-state index contributed by atoms with van der Waals surface area (Å²) in [4.78, 5) is 22.7. The second-order valence-electron chi connectivity index (χ2n) is 5.32. The normalized spacial score (nSPS) is 12.8. The molecule has 6 heteroatoms. The number of benzene rings is 1. The fraction of sp³-hybridized carbons (Fsp3) is 0.429. The number of hydrogen-bond donors (Lipinski definition) is 2. The Hall–Kier alpha value is -1.98. The molecular weight excluding hydrogens is 268 g/mol. The van der Waals surface area contributed by atoms with Crippen molar-refractivity contribution in [2.75, 3.05) is 0 Å². The number of hydrogen-bond acceptors (Lipinski definition) is 2. The van der Waals surface area contributed by atoms with Crippen LogP contribution in [-0.4, -0.2) is 17.0 Å². The average molecular weight is 285 g/mol. The maximum Gasteiger partial charge on any atom is 0.309 e. The number of halogens is 2. The van der Waals surface area contributed by atoms with Gasteiger partial charge in [-0.3, -0.25) is 9.59 Å². The zero-order valence-corrected chi connectivity index (χ0v) is 11.5. The molecule has 110 valence electrons. The molecule has 0 aliphatic heterocycles. The van der Waals surface area contributed by atoms with Gasteiger partial charge in [0.1, 0.15) is 11.6 Å². The monoisotopic (exact) mass is 285 g/mol. The number of amides is 1. The van der Waals surface area contributed by atoms with Crippen molar-refractivity contribution in [3.8, 4) is 0 Å². The van der Waals surface area contributed by atoms with Crippen LogP contribution < -0.4 is 5.32 Å². The van der Waals surface area contributed by atoms with E-state index in [9.17, 15) is 18.4 Å². The lowest BCUT2D eigenvalue weighted by atomic mass is 9.89. The minimum absolute atomic E-state index is 0.0199. The van der Waals surface area contributed by atoms with E-state index in [1.165, 1.54) is 20.8 Å². The first-order valence-corrected chi connectivity index (χ1v) is 6.11. The van der Waals surface area contributed by atoms with Gasteiger partial charge in [-0.15, -0.1) is 0 Å². The van der Waals surface area contributed by atoms with Crippen molar-refractivity contribution in [2.24, 2.45) is 5.41 Å². The lowest BCUT2D eigenvalue weighted by molar-refractivity contribution is -0.149. The number of nitrogens with one attached hydrogen (secondary N) is 1. The Bertz CT molecular complexity index is 529. The standard InChI is InChI=1S/C14H17F2NO3/c1-8(10-6-9(15)4-5-11(10)16)17-12(18)7-14(2,3)13(19)20/h4-6,8H,7H2,1-3H3,(H,17,18)(H,19,20). The van der Waals surface area contributed by atoms with Gasteiger partial charge in [0.25, 0.3) is 0 Å². The SMILES string of the molecule is CC(NC(=O)CC(C)(C)C(=O)O)c1cc(F)ccc1F. The number of carbonyl (C=O) groups is 2. The molecule has 4 nitrogen and oxygen atoms in total. The molecule has 0 aliphatic rings. The Morgan fingerprint density at radius 3 is 2.50 bits per heavy atom. The number of aliphatic carboxylic acids is 1. The molecule has 0 radical (unpaired) electrons. The van der Waals surface area contributed by atoms with Gasteiger partial charge in [0.05, 0.1) is 11.5 Å². The number of carboxylic acids is 1. The summed E-state index contributed by atoms with van der Waals surface area (Å²) in [5.74, 6) is -2.86. The van der Waals surface area contributed by atoms with Gasteiger partial charge in [0.15, 0.2) is 0 Å². The van der Waals surface area contributed by atoms with E-state index in [1.54, 1.807) is 0 Å². The quantitative estimate of drug-likeness (QED) is 0.874. The third-order valence-corrected chi connectivity index (χ3v) is 2.98. The minimum atomic E-state index is -1.22. The van der Waals surface area contributed by atoms with Crippen molar-refractivity contribution in [1.82, 2.24) is 5.32 Å². The molecule has 1 rings (SSSR count). The molecule has 0 fully saturated rings. The summed E-state index contributed by atoms with van der Waals surface area (Å²) in [6.07, 6.45) is -0.246. The largest absolute Gasteiger partial charge is 0.481 e. The van der Waals surface area contributed by atoms with Gasteiger partial charge in [-0.05, 0) is 39.0 Å². The van der Waals surface area contributed by atoms with Crippen molar-refractivity contribution in [1.29, 1.82) is 0 Å². The summed E-state index contributed by atoms with van der Waals surface area (Å²) < 4.78 is 26.6. The Morgan fingerprint density at radius 1 is 1.35 bits per heavy atom. The van der Waals surface area contributed by atoms with Crippen LogP contribution in [0.3, 0.4) is 0 Å². The van der Waals surface area contributed by atoms with E-state index in [1.807, 2.05) is 0 Å². The molecule has 20 heavy (non-hydrogen) atoms. The third-order valence-electron chi connectivity index (χ3n) is 2.98. The summed E-state index contributed by atoms with van der Waals surface area (Å²) in [6.45, 7) is 4.34. The van der Waals surface area contributed by atoms with Crippen molar-refractivity contribution in [3.63, 3.8) is 0 Å². The predicted octanol–water partition coefficient (Wildman–Crippen LogP) is 2.64. The first kappa shape index (κ1) is 16.1. The second-order valence-corrected chi connectivity index (χ2v) is 5.32. The number of rotatable bonds is 5. The van der Waals surface area contributed by atoms with E-state index < -0.39 is 35.0 Å². The van der Waals surface area contributed by atoms with Crippen LogP contribution in [-0.2, 0) is 9.59 Å². The molecule has 0 aromatic heterocycles. The fourth-order valence-corrected chi connectivity index (χ4v) is 1.69. The molecule has 0 aliphatic carbocycles. The molecule has 0 spiro atoms. The van der Waals surface area contributed by atoms with Gasteiger partial charge in [-0.25, -0.2) is 8.78 Å². The van der Waals surface area contributed by atoms with Crippen LogP contribution >= 0.6 is 0 Å². The van der Waals surface area contributed by atoms with Gasteiger partial charge < -0.3 is 10.4 Å². The van der Waals surface area contributed by atoms with Crippen LogP contribution in [0.25, 0.3) is 0 Å². The molecule has 1 aromatic carbocycles. The maximum atomic E-state index is 13.5. The van der Waals surface area contributed by atoms with E-state index in [0.717, 1.165) is 18.2 Å². The first-order chi connectivity index (χ1) is 9.13. The van der Waals surface area contributed by atoms with E-state index in [2.05, 4.69) is 5.32 Å². The maximum absolute atomic E-state index is 13.5. The molecule has 2 N–H and O–H groups in total. The van der Waals surface area contributed by atoms with Crippen molar-refractivity contribution in [2.45, 2.75) is 33.2 Å². The van der Waals surface area contributed by atoms with E-state index in [-0.39, 0.29) is 12.0 Å². The van der Waals surface area contributed by atoms with Crippen LogP contribution in [0.4, 0.5) is 8.78 Å². The molecular formula is C14H17F2NO3. The number of carboxylic acid groups (broad SMARTS) is 1. The molecule has 0 saturated heterocycles. The van der Waals surface area contributed by atoms with Gasteiger partial charge in [0, 0.05) is 12.0 Å². The predicted molar refractivity (Wildman–Crippen MR) is 68.9 cm³/mol. The van der Waals surface area contributed by atoms with Gasteiger partial charge >= 0.3 is 5.97 Å². The highest BCUT2D eigenvalue weighted by atomic mass is 19.1. The zero-order valence-electron chi connectivity index (χ0n) is 11.5. The summed E-state index contributed by atoms with van der Waals surface area (Å²) in [5.41, 5.74) is -1.20. The Morgan fingerprint density at radius 2 is 1.95 bits per heavy atom. The molecule has 1 amide bonds. The van der Waals surface area contributed by atoms with E-state index in [4.69, 9.17) is 5.11 Å². The van der Waals surface area contributed by atoms with Crippen molar-refractivity contribution in [3.05, 3.63) is 35.4 Å². The third kappa shape index (κ3) is 4.01. The van der Waals surface area contributed by atoms with Crippen molar-refractivity contribution >= 4 is 11.9 Å². The van der Waals surface area contributed by atoms with Gasteiger partial charge in [0.2, 0.25) is 5.91 Å². The highest BCUT2D eigenvalue weighted by Crippen LogP contribution is 2.22. The molecule has 1 aromatic rings. The van der Waals surface area contributed by atoms with Gasteiger partial charge in [-0.1, -0.05) is 0 Å². The van der Waals surface area contributed by atoms with E-state index >= 15 is 0 Å². The molecule has 0 heterocycles. The molecule has 1 atom stereocenters.